The van der Waals surface area contributed by atoms with E-state index in [1.54, 1.807) is 0 Å². The van der Waals surface area contributed by atoms with E-state index in [2.05, 4.69) is 22.8 Å². The van der Waals surface area contributed by atoms with Crippen LogP contribution in [0.2, 0.25) is 0 Å². The molecule has 6 heteroatoms. The standard InChI is InChI=1S/C24H32N2O4/c1-16(2)30-21-10-7-19(8-11-21)6-5-17(3)25-24(27)26-18(4)20-9-12-22-23(15-20)29-14-13-28-22/h7-12,15-18H,5-6,13-14H2,1-4H3,(H2,25,26,27). The summed E-state index contributed by atoms with van der Waals surface area (Å²) in [6.07, 6.45) is 1.92. The van der Waals surface area contributed by atoms with Crippen LogP contribution in [0.15, 0.2) is 42.5 Å². The maximum absolute atomic E-state index is 12.4. The lowest BCUT2D eigenvalue weighted by Gasteiger charge is -2.22. The van der Waals surface area contributed by atoms with E-state index in [-0.39, 0.29) is 24.2 Å². The lowest BCUT2D eigenvalue weighted by molar-refractivity contribution is 0.171. The number of carbonyl (C=O) groups excluding carboxylic acids is 1. The zero-order chi connectivity index (χ0) is 21.5. The van der Waals surface area contributed by atoms with E-state index in [0.29, 0.717) is 13.2 Å². The first-order chi connectivity index (χ1) is 14.4. The van der Waals surface area contributed by atoms with Crippen molar-refractivity contribution >= 4 is 6.03 Å². The number of fused-ring (bicyclic) bond motifs is 1. The Labute approximate surface area is 178 Å². The second-order valence-corrected chi connectivity index (χ2v) is 7.99. The van der Waals surface area contributed by atoms with Gasteiger partial charge in [0.15, 0.2) is 11.5 Å². The van der Waals surface area contributed by atoms with Crippen molar-refractivity contribution in [2.24, 2.45) is 0 Å². The molecule has 2 aromatic rings. The second-order valence-electron chi connectivity index (χ2n) is 7.99. The van der Waals surface area contributed by atoms with Gasteiger partial charge >= 0.3 is 6.03 Å². The molecule has 0 saturated heterocycles. The summed E-state index contributed by atoms with van der Waals surface area (Å²) in [7, 11) is 0. The molecule has 2 aromatic carbocycles. The quantitative estimate of drug-likeness (QED) is 0.663. The summed E-state index contributed by atoms with van der Waals surface area (Å²) in [4.78, 5) is 12.4. The van der Waals surface area contributed by atoms with E-state index < -0.39 is 0 Å². The third-order valence-corrected chi connectivity index (χ3v) is 4.95. The van der Waals surface area contributed by atoms with Crippen LogP contribution in [0.4, 0.5) is 4.79 Å². The van der Waals surface area contributed by atoms with E-state index in [1.165, 1.54) is 5.56 Å². The Hall–Kier alpha value is -2.89. The number of urea groups is 1. The molecule has 162 valence electrons. The van der Waals surface area contributed by atoms with Gasteiger partial charge in [-0.2, -0.15) is 0 Å². The molecule has 6 nitrogen and oxygen atoms in total. The minimum Gasteiger partial charge on any atom is -0.491 e. The third-order valence-electron chi connectivity index (χ3n) is 4.95. The molecule has 3 rings (SSSR count). The molecule has 1 heterocycles. The normalized spacial score (nSPS) is 14.7. The Morgan fingerprint density at radius 1 is 0.967 bits per heavy atom. The lowest BCUT2D eigenvalue weighted by atomic mass is 10.1. The van der Waals surface area contributed by atoms with Gasteiger partial charge in [-0.15, -0.1) is 0 Å². The van der Waals surface area contributed by atoms with Crippen molar-refractivity contribution in [2.45, 2.75) is 58.7 Å². The molecule has 2 N–H and O–H groups in total. The van der Waals surface area contributed by atoms with Crippen molar-refractivity contribution in [3.63, 3.8) is 0 Å². The van der Waals surface area contributed by atoms with Gasteiger partial charge in [0, 0.05) is 6.04 Å². The number of hydrogen-bond acceptors (Lipinski definition) is 4. The van der Waals surface area contributed by atoms with Crippen molar-refractivity contribution in [2.75, 3.05) is 13.2 Å². The molecule has 0 aliphatic carbocycles. The molecule has 1 aliphatic heterocycles. The number of nitrogens with one attached hydrogen (secondary N) is 2. The topological polar surface area (TPSA) is 68.8 Å². The van der Waals surface area contributed by atoms with Gasteiger partial charge in [-0.25, -0.2) is 4.79 Å². The Morgan fingerprint density at radius 3 is 2.37 bits per heavy atom. The van der Waals surface area contributed by atoms with E-state index in [0.717, 1.165) is 35.7 Å². The average Bonchev–Trinajstić information content (AvgIpc) is 2.72. The van der Waals surface area contributed by atoms with Gasteiger partial charge in [-0.3, -0.25) is 0 Å². The summed E-state index contributed by atoms with van der Waals surface area (Å²) in [6, 6.07) is 13.7. The first-order valence-electron chi connectivity index (χ1n) is 10.6. The number of rotatable bonds is 8. The fourth-order valence-electron chi connectivity index (χ4n) is 3.34. The van der Waals surface area contributed by atoms with Gasteiger partial charge < -0.3 is 24.8 Å². The van der Waals surface area contributed by atoms with Crippen LogP contribution in [-0.2, 0) is 6.42 Å². The van der Waals surface area contributed by atoms with Crippen LogP contribution >= 0.6 is 0 Å². The highest BCUT2D eigenvalue weighted by atomic mass is 16.6. The number of amides is 2. The summed E-state index contributed by atoms with van der Waals surface area (Å²) < 4.78 is 16.8. The van der Waals surface area contributed by atoms with Crippen LogP contribution in [0.1, 0.15) is 51.3 Å². The molecule has 2 unspecified atom stereocenters. The summed E-state index contributed by atoms with van der Waals surface area (Å²) in [6.45, 7) is 9.11. The van der Waals surface area contributed by atoms with E-state index in [4.69, 9.17) is 14.2 Å². The molecule has 0 fully saturated rings. The Bertz CT molecular complexity index is 836. The Balaban J connectivity index is 1.44. The Morgan fingerprint density at radius 2 is 1.67 bits per heavy atom. The van der Waals surface area contributed by atoms with Crippen molar-refractivity contribution < 1.29 is 19.0 Å². The summed E-state index contributed by atoms with van der Waals surface area (Å²) in [5.74, 6) is 2.36. The maximum Gasteiger partial charge on any atom is 0.315 e. The van der Waals surface area contributed by atoms with E-state index in [1.807, 2.05) is 58.0 Å². The number of aryl methyl sites for hydroxylation is 1. The first kappa shape index (κ1) is 21.8. The predicted octanol–water partition coefficient (Wildman–Crippen LogP) is 4.63. The summed E-state index contributed by atoms with van der Waals surface area (Å²) >= 11 is 0. The van der Waals surface area contributed by atoms with Crippen LogP contribution < -0.4 is 24.8 Å². The highest BCUT2D eigenvalue weighted by Crippen LogP contribution is 2.32. The van der Waals surface area contributed by atoms with Crippen LogP contribution in [0.25, 0.3) is 0 Å². The van der Waals surface area contributed by atoms with Crippen LogP contribution in [0, 0.1) is 0 Å². The van der Waals surface area contributed by atoms with Crippen molar-refractivity contribution in [3.05, 3.63) is 53.6 Å². The monoisotopic (exact) mass is 412 g/mol. The molecule has 2 amide bonds. The molecule has 0 aromatic heterocycles. The third kappa shape index (κ3) is 6.31. The number of carbonyl (C=O) groups is 1. The van der Waals surface area contributed by atoms with Crippen molar-refractivity contribution in [1.82, 2.24) is 10.6 Å². The fourth-order valence-corrected chi connectivity index (χ4v) is 3.34. The van der Waals surface area contributed by atoms with Crippen LogP contribution in [0.5, 0.6) is 17.2 Å². The van der Waals surface area contributed by atoms with Gasteiger partial charge in [0.2, 0.25) is 0 Å². The highest BCUT2D eigenvalue weighted by Gasteiger charge is 2.16. The first-order valence-corrected chi connectivity index (χ1v) is 10.6. The SMILES string of the molecule is CC(CCc1ccc(OC(C)C)cc1)NC(=O)NC(C)c1ccc2c(c1)OCCO2. The molecular formula is C24H32N2O4. The van der Waals surface area contributed by atoms with Gasteiger partial charge in [-0.1, -0.05) is 18.2 Å². The minimum atomic E-state index is -0.175. The number of ether oxygens (including phenoxy) is 3. The number of benzene rings is 2. The lowest BCUT2D eigenvalue weighted by Crippen LogP contribution is -2.41. The van der Waals surface area contributed by atoms with E-state index >= 15 is 0 Å². The fraction of sp³-hybridized carbons (Fsp3) is 0.458. The molecule has 2 atom stereocenters. The molecule has 30 heavy (non-hydrogen) atoms. The maximum atomic E-state index is 12.4. The zero-order valence-electron chi connectivity index (χ0n) is 18.2. The molecular weight excluding hydrogens is 380 g/mol. The van der Waals surface area contributed by atoms with Crippen LogP contribution in [0.3, 0.4) is 0 Å². The molecule has 0 bridgehead atoms. The summed E-state index contributed by atoms with van der Waals surface area (Å²) in [5.41, 5.74) is 2.20. The van der Waals surface area contributed by atoms with Crippen molar-refractivity contribution in [1.29, 1.82) is 0 Å². The molecule has 0 radical (unpaired) electrons. The molecule has 0 saturated carbocycles. The second kappa shape index (κ2) is 10.2. The average molecular weight is 413 g/mol. The Kier molecular flexibility index (Phi) is 7.44. The zero-order valence-corrected chi connectivity index (χ0v) is 18.2. The minimum absolute atomic E-state index is 0.0593. The largest absolute Gasteiger partial charge is 0.491 e. The molecule has 1 aliphatic rings. The molecule has 0 spiro atoms. The van der Waals surface area contributed by atoms with Gasteiger partial charge in [0.1, 0.15) is 19.0 Å². The van der Waals surface area contributed by atoms with Gasteiger partial charge in [-0.05, 0) is 75.9 Å². The van der Waals surface area contributed by atoms with Gasteiger partial charge in [0.05, 0.1) is 12.1 Å². The smallest absolute Gasteiger partial charge is 0.315 e. The van der Waals surface area contributed by atoms with Crippen molar-refractivity contribution in [3.8, 4) is 17.2 Å². The highest BCUT2D eigenvalue weighted by molar-refractivity contribution is 5.74. The van der Waals surface area contributed by atoms with Gasteiger partial charge in [0.25, 0.3) is 0 Å². The van der Waals surface area contributed by atoms with E-state index in [9.17, 15) is 4.79 Å². The predicted molar refractivity (Wildman–Crippen MR) is 118 cm³/mol. The van der Waals surface area contributed by atoms with Crippen LogP contribution in [-0.4, -0.2) is 31.4 Å². The number of hydrogen-bond donors (Lipinski definition) is 2. The summed E-state index contributed by atoms with van der Waals surface area (Å²) in [5, 5.41) is 6.01.